The van der Waals surface area contributed by atoms with Crippen molar-refractivity contribution in [3.8, 4) is 0 Å². The van der Waals surface area contributed by atoms with Gasteiger partial charge in [0.25, 0.3) is 0 Å². The van der Waals surface area contributed by atoms with E-state index in [1.165, 1.54) is 14.2 Å². The molecule has 0 radical (unpaired) electrons. The number of hydrogen-bond acceptors (Lipinski definition) is 3. The van der Waals surface area contributed by atoms with Crippen LogP contribution < -0.4 is 0 Å². The van der Waals surface area contributed by atoms with Gasteiger partial charge in [0.2, 0.25) is 5.92 Å². The van der Waals surface area contributed by atoms with Crippen LogP contribution in [0, 0.1) is 5.92 Å². The van der Waals surface area contributed by atoms with Gasteiger partial charge < -0.3 is 0 Å². The van der Waals surface area contributed by atoms with Crippen LogP contribution >= 0.6 is 0 Å². The van der Waals surface area contributed by atoms with Crippen molar-refractivity contribution in [2.45, 2.75) is 37.4 Å². The summed E-state index contributed by atoms with van der Waals surface area (Å²) >= 11 is 0. The highest BCUT2D eigenvalue weighted by molar-refractivity contribution is 4.85. The van der Waals surface area contributed by atoms with Crippen LogP contribution in [0.1, 0.15) is 0 Å². The first-order chi connectivity index (χ1) is 10.5. The molecular weight excluding hydrogens is 417 g/mol. The summed E-state index contributed by atoms with van der Waals surface area (Å²) in [5.74, 6) is -6.16. The maximum absolute atomic E-state index is 12.9. The average Bonchev–Trinajstić information content (AvgIpc) is 1.98. The van der Waals surface area contributed by atoms with Gasteiger partial charge in [-0.1, -0.05) is 0 Å². The molecule has 0 heterocycles. The zero-order valence-electron chi connectivity index (χ0n) is 10.5. The Balaban J connectivity index is 6.14. The summed E-state index contributed by atoms with van der Waals surface area (Å²) in [6.07, 6.45) is -41.4. The van der Waals surface area contributed by atoms with Crippen LogP contribution in [0.15, 0.2) is 0 Å². The van der Waals surface area contributed by atoms with Gasteiger partial charge in [-0.2, -0.15) is 26.3 Å². The van der Waals surface area contributed by atoms with Crippen LogP contribution in [0.4, 0.5) is 65.9 Å². The summed E-state index contributed by atoms with van der Waals surface area (Å²) in [5, 5.41) is 0. The molecule has 0 aromatic rings. The van der Waals surface area contributed by atoms with E-state index in [0.717, 1.165) is 0 Å². The molecule has 0 amide bonds. The molecule has 0 aliphatic heterocycles. The minimum absolute atomic E-state index is 1.50. The smallest absolute Gasteiger partial charge is 0.225 e. The molecule has 0 aromatic heterocycles. The molecule has 0 saturated carbocycles. The molecule has 25 heavy (non-hydrogen) atoms. The molecule has 0 atom stereocenters. The van der Waals surface area contributed by atoms with Crippen molar-refractivity contribution >= 4 is 0 Å². The van der Waals surface area contributed by atoms with Crippen LogP contribution in [-0.2, 0) is 14.2 Å². The fraction of sp³-hybridized carbons (Fsp3) is 1.00. The van der Waals surface area contributed by atoms with Crippen molar-refractivity contribution in [2.75, 3.05) is 0 Å². The lowest BCUT2D eigenvalue weighted by Crippen LogP contribution is -2.58. The fourth-order valence-electron chi connectivity index (χ4n) is 1.23. The predicted octanol–water partition coefficient (Wildman–Crippen LogP) is 4.99. The number of halogens is 15. The monoisotopic (exact) mass is 418 g/mol. The Morgan fingerprint density at radius 1 is 0.360 bits per heavy atom. The second-order valence-electron chi connectivity index (χ2n) is 3.76. The molecule has 3 nitrogen and oxygen atoms in total. The van der Waals surface area contributed by atoms with Crippen LogP contribution in [0.25, 0.3) is 0 Å². The molecule has 0 unspecified atom stereocenters. The lowest BCUT2D eigenvalue weighted by molar-refractivity contribution is -0.540. The average molecular weight is 418 g/mol. The van der Waals surface area contributed by atoms with Crippen molar-refractivity contribution < 1.29 is 80.1 Å². The van der Waals surface area contributed by atoms with Crippen molar-refractivity contribution in [2.24, 2.45) is 5.92 Å². The molecule has 0 bridgehead atoms. The predicted molar refractivity (Wildman–Crippen MR) is 39.8 cm³/mol. The minimum Gasteiger partial charge on any atom is -0.225 e. The Bertz CT molecular complexity index is 379. The lowest BCUT2D eigenvalue weighted by Gasteiger charge is -2.36. The first-order valence-corrected chi connectivity index (χ1v) is 4.93. The SMILES string of the molecule is FC(F)(F)OC(F)(F)C(C(F)(F)OC(F)(F)F)C(F)(F)OC(F)(F)F. The molecule has 0 saturated heterocycles. The van der Waals surface area contributed by atoms with Crippen LogP contribution in [0.2, 0.25) is 0 Å². The largest absolute Gasteiger partial charge is 0.527 e. The molecule has 0 fully saturated rings. The topological polar surface area (TPSA) is 27.7 Å². The van der Waals surface area contributed by atoms with Gasteiger partial charge in [0.05, 0.1) is 0 Å². The van der Waals surface area contributed by atoms with Gasteiger partial charge in [-0.3, -0.25) is 0 Å². The number of rotatable bonds is 6. The second-order valence-corrected chi connectivity index (χ2v) is 3.76. The zero-order valence-corrected chi connectivity index (χ0v) is 10.5. The van der Waals surface area contributed by atoms with Crippen LogP contribution in [0.3, 0.4) is 0 Å². The Hall–Kier alpha value is -1.17. The van der Waals surface area contributed by atoms with Gasteiger partial charge in [-0.25, -0.2) is 14.2 Å². The second kappa shape index (κ2) is 6.53. The quantitative estimate of drug-likeness (QED) is 0.570. The third kappa shape index (κ3) is 8.17. The van der Waals surface area contributed by atoms with Gasteiger partial charge >= 0.3 is 37.4 Å². The van der Waals surface area contributed by atoms with E-state index in [-0.39, 0.29) is 0 Å². The summed E-state index contributed by atoms with van der Waals surface area (Å²) in [4.78, 5) is 0. The van der Waals surface area contributed by atoms with E-state index < -0.39 is 43.3 Å². The first kappa shape index (κ1) is 23.8. The summed E-state index contributed by atoms with van der Waals surface area (Å²) in [5.41, 5.74) is 0. The van der Waals surface area contributed by atoms with Crippen molar-refractivity contribution in [1.29, 1.82) is 0 Å². The maximum Gasteiger partial charge on any atom is 0.527 e. The zero-order chi connectivity index (χ0) is 20.7. The molecule has 0 aliphatic carbocycles. The van der Waals surface area contributed by atoms with Gasteiger partial charge in [-0.15, -0.1) is 39.5 Å². The van der Waals surface area contributed by atoms with E-state index >= 15 is 0 Å². The lowest BCUT2D eigenvalue weighted by atomic mass is 10.1. The highest BCUT2D eigenvalue weighted by atomic mass is 19.4. The maximum atomic E-state index is 12.9. The van der Waals surface area contributed by atoms with Crippen LogP contribution in [0.5, 0.6) is 0 Å². The summed E-state index contributed by atoms with van der Waals surface area (Å²) in [6, 6.07) is 0. The summed E-state index contributed by atoms with van der Waals surface area (Å²) < 4.78 is 187. The fourth-order valence-corrected chi connectivity index (χ4v) is 1.23. The standard InChI is InChI=1S/C7HF15O3/c8-2(9,23-5(14,15)16)1(3(10,11)24-6(17,18)19)4(12,13)25-7(20,21)22/h1H. The van der Waals surface area contributed by atoms with E-state index in [9.17, 15) is 65.9 Å². The molecule has 18 heteroatoms. The van der Waals surface area contributed by atoms with E-state index in [1.807, 2.05) is 0 Å². The Morgan fingerprint density at radius 2 is 0.520 bits per heavy atom. The molecule has 0 spiro atoms. The Morgan fingerprint density at radius 3 is 0.640 bits per heavy atom. The molecular formula is C7HF15O3. The minimum atomic E-state index is -7.07. The van der Waals surface area contributed by atoms with Gasteiger partial charge in [0, 0.05) is 0 Å². The Labute approximate surface area is 125 Å². The number of ether oxygens (including phenoxy) is 3. The normalized spacial score (nSPS) is 15.8. The van der Waals surface area contributed by atoms with E-state index in [0.29, 0.717) is 0 Å². The van der Waals surface area contributed by atoms with Gasteiger partial charge in [0.1, 0.15) is 0 Å². The number of alkyl halides is 15. The van der Waals surface area contributed by atoms with Gasteiger partial charge in [-0.05, 0) is 0 Å². The summed E-state index contributed by atoms with van der Waals surface area (Å²) in [7, 11) is 0. The van der Waals surface area contributed by atoms with E-state index in [1.54, 1.807) is 0 Å². The molecule has 0 rings (SSSR count). The molecule has 0 aliphatic rings. The first-order valence-electron chi connectivity index (χ1n) is 4.93. The van der Waals surface area contributed by atoms with E-state index in [2.05, 4.69) is 0 Å². The molecule has 0 aromatic carbocycles. The van der Waals surface area contributed by atoms with Crippen molar-refractivity contribution in [3.63, 3.8) is 0 Å². The molecule has 152 valence electrons. The summed E-state index contributed by atoms with van der Waals surface area (Å²) in [6.45, 7) is 0. The van der Waals surface area contributed by atoms with Crippen LogP contribution in [-0.4, -0.2) is 37.4 Å². The van der Waals surface area contributed by atoms with Crippen molar-refractivity contribution in [3.05, 3.63) is 0 Å². The van der Waals surface area contributed by atoms with Gasteiger partial charge in [0.15, 0.2) is 0 Å². The molecule has 0 N–H and O–H groups in total. The highest BCUT2D eigenvalue weighted by Crippen LogP contribution is 2.52. The van der Waals surface area contributed by atoms with E-state index in [4.69, 9.17) is 0 Å². The van der Waals surface area contributed by atoms with Crippen molar-refractivity contribution in [1.82, 2.24) is 0 Å². The highest BCUT2D eigenvalue weighted by Gasteiger charge is 2.75. The third-order valence-corrected chi connectivity index (χ3v) is 1.76. The Kier molecular flexibility index (Phi) is 6.22. The number of hydrogen-bond donors (Lipinski definition) is 0. The third-order valence-electron chi connectivity index (χ3n) is 1.76.